The van der Waals surface area contributed by atoms with E-state index in [-0.39, 0.29) is 17.7 Å². The van der Waals surface area contributed by atoms with Crippen molar-refractivity contribution in [1.82, 2.24) is 25.1 Å². The molecule has 2 fully saturated rings. The van der Waals surface area contributed by atoms with Gasteiger partial charge in [0.1, 0.15) is 11.9 Å². The maximum atomic E-state index is 15.0. The molecule has 2 aliphatic rings. The molecule has 4 heterocycles. The van der Waals surface area contributed by atoms with Crippen molar-refractivity contribution in [2.75, 3.05) is 0 Å². The summed E-state index contributed by atoms with van der Waals surface area (Å²) in [5, 5.41) is 22.5. The van der Waals surface area contributed by atoms with Crippen LogP contribution in [0, 0.1) is 5.92 Å². The highest BCUT2D eigenvalue weighted by atomic mass is 19.1. The minimum Gasteiger partial charge on any atom is -0.507 e. The highest BCUT2D eigenvalue weighted by molar-refractivity contribution is 5.70. The molecule has 0 amide bonds. The van der Waals surface area contributed by atoms with Gasteiger partial charge in [0, 0.05) is 42.0 Å². The van der Waals surface area contributed by atoms with Gasteiger partial charge in [0.15, 0.2) is 0 Å². The van der Waals surface area contributed by atoms with Crippen molar-refractivity contribution < 1.29 is 9.50 Å². The SMILES string of the molecule is C=C(c1ccc(-c2ccc(-n3ccnc3)cc2O)nn1)[C@@H]1C[C@H]2CCC[C@H](N2)[C@H]1F. The zero-order valence-electron chi connectivity index (χ0n) is 16.6. The second-order valence-electron chi connectivity index (χ2n) is 8.19. The standard InChI is InChI=1S/C23H24FN5O/c1-14(18-11-15-3-2-4-21(26-15)23(18)24)19-7-8-20(28-27-19)17-6-5-16(12-22(17)30)29-10-9-25-13-29/h5-10,12-13,15,18,21,23,26,30H,1-4,11H2/t15-,18+,21+,23+/m1/s1. The minimum absolute atomic E-state index is 0.0857. The van der Waals surface area contributed by atoms with E-state index in [1.54, 1.807) is 30.7 Å². The molecule has 2 N–H and O–H groups in total. The van der Waals surface area contributed by atoms with Crippen molar-refractivity contribution in [3.63, 3.8) is 0 Å². The maximum Gasteiger partial charge on any atom is 0.127 e. The van der Waals surface area contributed by atoms with Crippen LogP contribution < -0.4 is 5.32 Å². The molecule has 2 aromatic heterocycles. The Morgan fingerprint density at radius 1 is 1.20 bits per heavy atom. The summed E-state index contributed by atoms with van der Waals surface area (Å²) in [6.45, 7) is 4.16. The molecule has 0 saturated carbocycles. The zero-order chi connectivity index (χ0) is 20.7. The number of aromatic hydroxyl groups is 1. The van der Waals surface area contributed by atoms with Gasteiger partial charge < -0.3 is 15.0 Å². The van der Waals surface area contributed by atoms with Gasteiger partial charge in [-0.1, -0.05) is 13.0 Å². The minimum atomic E-state index is -0.949. The van der Waals surface area contributed by atoms with Crippen molar-refractivity contribution >= 4 is 5.57 Å². The lowest BCUT2D eigenvalue weighted by atomic mass is 9.75. The lowest BCUT2D eigenvalue weighted by molar-refractivity contribution is 0.0982. The number of hydrogen-bond donors (Lipinski definition) is 2. The Morgan fingerprint density at radius 2 is 2.10 bits per heavy atom. The summed E-state index contributed by atoms with van der Waals surface area (Å²) in [7, 11) is 0. The van der Waals surface area contributed by atoms with E-state index >= 15 is 0 Å². The highest BCUT2D eigenvalue weighted by Gasteiger charge is 2.41. The Bertz CT molecular complexity index is 1050. The lowest BCUT2D eigenvalue weighted by Gasteiger charge is -2.43. The van der Waals surface area contributed by atoms with Gasteiger partial charge in [-0.05, 0) is 49.1 Å². The van der Waals surface area contributed by atoms with Gasteiger partial charge in [-0.3, -0.25) is 0 Å². The Morgan fingerprint density at radius 3 is 2.83 bits per heavy atom. The lowest BCUT2D eigenvalue weighted by Crippen LogP contribution is -2.55. The summed E-state index contributed by atoms with van der Waals surface area (Å²) in [6.07, 6.45) is 8.00. The zero-order valence-corrected chi connectivity index (χ0v) is 16.6. The molecule has 4 atom stereocenters. The number of benzene rings is 1. The van der Waals surface area contributed by atoms with Gasteiger partial charge in [0.25, 0.3) is 0 Å². The van der Waals surface area contributed by atoms with E-state index in [1.807, 2.05) is 22.9 Å². The number of imidazole rings is 1. The summed E-state index contributed by atoms with van der Waals surface area (Å²) in [5.41, 5.74) is 3.26. The molecule has 1 aromatic carbocycles. The first kappa shape index (κ1) is 18.9. The third kappa shape index (κ3) is 3.39. The van der Waals surface area contributed by atoms with Crippen LogP contribution in [-0.2, 0) is 0 Å². The Labute approximate surface area is 174 Å². The van der Waals surface area contributed by atoms with E-state index in [4.69, 9.17) is 0 Å². The molecule has 7 heteroatoms. The molecular formula is C23H24FN5O. The summed E-state index contributed by atoms with van der Waals surface area (Å²) < 4.78 is 16.8. The second-order valence-corrected chi connectivity index (χ2v) is 8.19. The average molecular weight is 405 g/mol. The Kier molecular flexibility index (Phi) is 4.83. The first-order valence-corrected chi connectivity index (χ1v) is 10.3. The van der Waals surface area contributed by atoms with Crippen molar-refractivity contribution in [2.24, 2.45) is 5.92 Å². The number of rotatable bonds is 4. The van der Waals surface area contributed by atoms with Gasteiger partial charge in [0.05, 0.1) is 23.4 Å². The third-order valence-electron chi connectivity index (χ3n) is 6.33. The van der Waals surface area contributed by atoms with Crippen LogP contribution in [0.1, 0.15) is 31.4 Å². The quantitative estimate of drug-likeness (QED) is 0.688. The van der Waals surface area contributed by atoms with E-state index in [9.17, 15) is 9.50 Å². The molecule has 0 spiro atoms. The van der Waals surface area contributed by atoms with Crippen molar-refractivity contribution in [3.8, 4) is 22.7 Å². The van der Waals surface area contributed by atoms with Crippen LogP contribution in [-0.4, -0.2) is 43.1 Å². The number of hydrogen-bond acceptors (Lipinski definition) is 5. The molecule has 2 aliphatic heterocycles. The first-order valence-electron chi connectivity index (χ1n) is 10.3. The van der Waals surface area contributed by atoms with Crippen LogP contribution in [0.5, 0.6) is 5.75 Å². The number of phenolic OH excluding ortho intramolecular Hbond substituents is 1. The fourth-order valence-electron chi connectivity index (χ4n) is 4.69. The van der Waals surface area contributed by atoms with Gasteiger partial charge in [0.2, 0.25) is 0 Å². The predicted octanol–water partition coefficient (Wildman–Crippen LogP) is 3.92. The summed E-state index contributed by atoms with van der Waals surface area (Å²) in [5.74, 6) is -0.123. The van der Waals surface area contributed by atoms with E-state index in [0.717, 1.165) is 31.4 Å². The molecule has 0 aliphatic carbocycles. The fraction of sp³-hybridized carbons (Fsp3) is 0.348. The average Bonchev–Trinajstić information content (AvgIpc) is 3.31. The summed E-state index contributed by atoms with van der Waals surface area (Å²) >= 11 is 0. The number of fused-ring (bicyclic) bond motifs is 2. The van der Waals surface area contributed by atoms with Crippen LogP contribution in [0.15, 0.2) is 55.6 Å². The number of aromatic nitrogens is 4. The number of alkyl halides is 1. The van der Waals surface area contributed by atoms with E-state index in [1.165, 1.54) is 0 Å². The van der Waals surface area contributed by atoms with E-state index in [2.05, 4.69) is 27.1 Å². The smallest absolute Gasteiger partial charge is 0.127 e. The topological polar surface area (TPSA) is 75.9 Å². The van der Waals surface area contributed by atoms with Gasteiger partial charge in [-0.25, -0.2) is 9.37 Å². The molecule has 30 heavy (non-hydrogen) atoms. The van der Waals surface area contributed by atoms with Gasteiger partial charge in [-0.2, -0.15) is 5.10 Å². The summed E-state index contributed by atoms with van der Waals surface area (Å²) in [6, 6.07) is 9.23. The second kappa shape index (κ2) is 7.65. The van der Waals surface area contributed by atoms with Crippen molar-refractivity contribution in [3.05, 3.63) is 61.3 Å². The number of halogens is 1. The Balaban J connectivity index is 1.36. The van der Waals surface area contributed by atoms with Gasteiger partial charge >= 0.3 is 0 Å². The third-order valence-corrected chi connectivity index (χ3v) is 6.33. The molecule has 5 rings (SSSR count). The molecule has 2 bridgehead atoms. The van der Waals surface area contributed by atoms with Crippen LogP contribution in [0.4, 0.5) is 4.39 Å². The molecule has 154 valence electrons. The molecular weight excluding hydrogens is 381 g/mol. The number of phenols is 1. The van der Waals surface area contributed by atoms with Crippen LogP contribution >= 0.6 is 0 Å². The van der Waals surface area contributed by atoms with E-state index in [0.29, 0.717) is 28.6 Å². The molecule has 6 nitrogen and oxygen atoms in total. The predicted molar refractivity (Wildman–Crippen MR) is 113 cm³/mol. The van der Waals surface area contributed by atoms with Crippen LogP contribution in [0.2, 0.25) is 0 Å². The number of nitrogens with zero attached hydrogens (tertiary/aromatic N) is 4. The number of piperidine rings is 2. The highest BCUT2D eigenvalue weighted by Crippen LogP contribution is 2.39. The van der Waals surface area contributed by atoms with E-state index < -0.39 is 6.17 Å². The number of nitrogens with one attached hydrogen (secondary N) is 1. The van der Waals surface area contributed by atoms with Crippen LogP contribution in [0.3, 0.4) is 0 Å². The molecule has 2 saturated heterocycles. The fourth-order valence-corrected chi connectivity index (χ4v) is 4.69. The molecule has 0 unspecified atom stereocenters. The monoisotopic (exact) mass is 405 g/mol. The summed E-state index contributed by atoms with van der Waals surface area (Å²) in [4.78, 5) is 4.02. The Hall–Kier alpha value is -3.06. The number of allylic oxidation sites excluding steroid dienone is 1. The molecule has 3 aromatic rings. The van der Waals surface area contributed by atoms with Crippen LogP contribution in [0.25, 0.3) is 22.5 Å². The van der Waals surface area contributed by atoms with Gasteiger partial charge in [-0.15, -0.1) is 5.10 Å². The van der Waals surface area contributed by atoms with Crippen molar-refractivity contribution in [2.45, 2.75) is 43.9 Å². The normalized spacial score (nSPS) is 25.8. The van der Waals surface area contributed by atoms with Crippen molar-refractivity contribution in [1.29, 1.82) is 0 Å². The maximum absolute atomic E-state index is 15.0. The first-order chi connectivity index (χ1) is 14.6. The largest absolute Gasteiger partial charge is 0.507 e. The molecule has 0 radical (unpaired) electrons.